The summed E-state index contributed by atoms with van der Waals surface area (Å²) in [7, 11) is 1.56. The van der Waals surface area contributed by atoms with Crippen LogP contribution in [-0.2, 0) is 11.3 Å². The number of urea groups is 1. The number of hydrogen-bond donors (Lipinski definition) is 3. The number of carbonyl (C=O) groups is 2. The fourth-order valence-corrected chi connectivity index (χ4v) is 1.76. The van der Waals surface area contributed by atoms with E-state index in [1.807, 2.05) is 20.8 Å². The molecule has 1 aromatic carbocycles. The smallest absolute Gasteiger partial charge is 0.315 e. The Morgan fingerprint density at radius 3 is 2.43 bits per heavy atom. The lowest BCUT2D eigenvalue weighted by atomic mass is 10.1. The van der Waals surface area contributed by atoms with Gasteiger partial charge in [0.25, 0.3) is 0 Å². The SMILES string of the molecule is COc1ccc(NC(C)=O)cc1CNC(=O)NC(C)(C)C. The van der Waals surface area contributed by atoms with Crippen LogP contribution in [0.1, 0.15) is 33.3 Å². The molecule has 0 aliphatic carbocycles. The highest BCUT2D eigenvalue weighted by molar-refractivity contribution is 5.88. The van der Waals surface area contributed by atoms with Crippen molar-refractivity contribution in [2.24, 2.45) is 0 Å². The number of carbonyl (C=O) groups excluding carboxylic acids is 2. The first-order valence-corrected chi connectivity index (χ1v) is 6.72. The third-order valence-corrected chi connectivity index (χ3v) is 2.53. The quantitative estimate of drug-likeness (QED) is 0.796. The fraction of sp³-hybridized carbons (Fsp3) is 0.467. The van der Waals surface area contributed by atoms with E-state index < -0.39 is 0 Å². The average molecular weight is 293 g/mol. The van der Waals surface area contributed by atoms with Gasteiger partial charge in [0.1, 0.15) is 5.75 Å². The number of amides is 3. The molecule has 1 rings (SSSR count). The number of rotatable bonds is 4. The van der Waals surface area contributed by atoms with Gasteiger partial charge in [0, 0.05) is 30.3 Å². The zero-order valence-electron chi connectivity index (χ0n) is 13.2. The van der Waals surface area contributed by atoms with Crippen LogP contribution in [0.2, 0.25) is 0 Å². The molecule has 116 valence electrons. The molecule has 0 radical (unpaired) electrons. The van der Waals surface area contributed by atoms with Gasteiger partial charge < -0.3 is 20.7 Å². The van der Waals surface area contributed by atoms with Crippen molar-refractivity contribution in [2.45, 2.75) is 39.8 Å². The Labute approximate surface area is 125 Å². The van der Waals surface area contributed by atoms with Gasteiger partial charge in [-0.3, -0.25) is 4.79 Å². The lowest BCUT2D eigenvalue weighted by Gasteiger charge is -2.21. The zero-order valence-corrected chi connectivity index (χ0v) is 13.2. The van der Waals surface area contributed by atoms with Crippen molar-refractivity contribution in [2.75, 3.05) is 12.4 Å². The summed E-state index contributed by atoms with van der Waals surface area (Å²) in [5, 5.41) is 8.28. The molecule has 0 heterocycles. The minimum atomic E-state index is -0.299. The van der Waals surface area contributed by atoms with Gasteiger partial charge in [0.05, 0.1) is 7.11 Å². The molecular formula is C15H23N3O3. The molecule has 0 aliphatic rings. The highest BCUT2D eigenvalue weighted by Crippen LogP contribution is 2.22. The molecule has 21 heavy (non-hydrogen) atoms. The Balaban J connectivity index is 2.76. The van der Waals surface area contributed by atoms with E-state index in [-0.39, 0.29) is 17.5 Å². The van der Waals surface area contributed by atoms with Crippen LogP contribution < -0.4 is 20.7 Å². The van der Waals surface area contributed by atoms with Gasteiger partial charge >= 0.3 is 6.03 Å². The molecule has 0 aromatic heterocycles. The van der Waals surface area contributed by atoms with Crippen molar-refractivity contribution in [3.63, 3.8) is 0 Å². The average Bonchev–Trinajstić information content (AvgIpc) is 2.33. The maximum atomic E-state index is 11.8. The number of benzene rings is 1. The van der Waals surface area contributed by atoms with E-state index in [0.717, 1.165) is 5.56 Å². The van der Waals surface area contributed by atoms with Crippen LogP contribution in [-0.4, -0.2) is 24.6 Å². The minimum absolute atomic E-state index is 0.149. The van der Waals surface area contributed by atoms with Crippen LogP contribution in [0.25, 0.3) is 0 Å². The molecule has 0 saturated heterocycles. The van der Waals surface area contributed by atoms with Gasteiger partial charge in [-0.1, -0.05) is 0 Å². The molecule has 0 bridgehead atoms. The number of anilines is 1. The van der Waals surface area contributed by atoms with Crippen molar-refractivity contribution in [1.29, 1.82) is 0 Å². The molecular weight excluding hydrogens is 270 g/mol. The van der Waals surface area contributed by atoms with Crippen molar-refractivity contribution in [3.8, 4) is 5.75 Å². The third-order valence-electron chi connectivity index (χ3n) is 2.53. The first kappa shape index (κ1) is 16.8. The van der Waals surface area contributed by atoms with Gasteiger partial charge in [0.2, 0.25) is 5.91 Å². The topological polar surface area (TPSA) is 79.5 Å². The van der Waals surface area contributed by atoms with Crippen LogP contribution in [0.3, 0.4) is 0 Å². The number of hydrogen-bond acceptors (Lipinski definition) is 3. The fourth-order valence-electron chi connectivity index (χ4n) is 1.76. The second kappa shape index (κ2) is 6.97. The maximum absolute atomic E-state index is 11.8. The van der Waals surface area contributed by atoms with E-state index in [4.69, 9.17) is 4.74 Å². The second-order valence-electron chi connectivity index (χ2n) is 5.77. The summed E-state index contributed by atoms with van der Waals surface area (Å²) < 4.78 is 5.25. The second-order valence-corrected chi connectivity index (χ2v) is 5.77. The lowest BCUT2D eigenvalue weighted by Crippen LogP contribution is -2.46. The Bertz CT molecular complexity index is 521. The highest BCUT2D eigenvalue weighted by atomic mass is 16.5. The Morgan fingerprint density at radius 2 is 1.90 bits per heavy atom. The molecule has 3 amide bonds. The first-order chi connectivity index (χ1) is 9.71. The summed E-state index contributed by atoms with van der Waals surface area (Å²) >= 11 is 0. The lowest BCUT2D eigenvalue weighted by molar-refractivity contribution is -0.114. The van der Waals surface area contributed by atoms with Crippen LogP contribution in [0.5, 0.6) is 5.75 Å². The number of methoxy groups -OCH3 is 1. The van der Waals surface area contributed by atoms with Gasteiger partial charge in [-0.05, 0) is 39.0 Å². The molecule has 0 saturated carbocycles. The molecule has 0 aliphatic heterocycles. The molecule has 0 unspecified atom stereocenters. The van der Waals surface area contributed by atoms with Crippen LogP contribution in [0.15, 0.2) is 18.2 Å². The molecule has 3 N–H and O–H groups in total. The van der Waals surface area contributed by atoms with Crippen LogP contribution in [0.4, 0.5) is 10.5 Å². The van der Waals surface area contributed by atoms with E-state index in [2.05, 4.69) is 16.0 Å². The Kier molecular flexibility index (Phi) is 5.58. The monoisotopic (exact) mass is 293 g/mol. The summed E-state index contributed by atoms with van der Waals surface area (Å²) in [5.74, 6) is 0.504. The minimum Gasteiger partial charge on any atom is -0.496 e. The number of nitrogens with one attached hydrogen (secondary N) is 3. The van der Waals surface area contributed by atoms with Crippen LogP contribution in [0, 0.1) is 0 Å². The van der Waals surface area contributed by atoms with Crippen molar-refractivity contribution in [1.82, 2.24) is 10.6 Å². The maximum Gasteiger partial charge on any atom is 0.315 e. The van der Waals surface area contributed by atoms with E-state index in [1.54, 1.807) is 25.3 Å². The van der Waals surface area contributed by atoms with E-state index in [1.165, 1.54) is 6.92 Å². The predicted octanol–water partition coefficient (Wildman–Crippen LogP) is 2.25. The molecule has 6 heteroatoms. The predicted molar refractivity (Wildman–Crippen MR) is 82.4 cm³/mol. The normalized spacial score (nSPS) is 10.7. The Morgan fingerprint density at radius 1 is 1.24 bits per heavy atom. The summed E-state index contributed by atoms with van der Waals surface area (Å²) in [4.78, 5) is 22.8. The van der Waals surface area contributed by atoms with Gasteiger partial charge in [0.15, 0.2) is 0 Å². The van der Waals surface area contributed by atoms with Crippen molar-refractivity contribution >= 4 is 17.6 Å². The molecule has 0 atom stereocenters. The van der Waals surface area contributed by atoms with E-state index >= 15 is 0 Å². The van der Waals surface area contributed by atoms with Gasteiger partial charge in [-0.25, -0.2) is 4.79 Å². The summed E-state index contributed by atoms with van der Waals surface area (Å²) in [6.45, 7) is 7.47. The molecule has 0 fully saturated rings. The molecule has 0 spiro atoms. The van der Waals surface area contributed by atoms with Gasteiger partial charge in [-0.15, -0.1) is 0 Å². The zero-order chi connectivity index (χ0) is 16.0. The molecule has 1 aromatic rings. The highest BCUT2D eigenvalue weighted by Gasteiger charge is 2.14. The third kappa shape index (κ3) is 6.16. The number of ether oxygens (including phenoxy) is 1. The van der Waals surface area contributed by atoms with E-state index in [0.29, 0.717) is 18.0 Å². The van der Waals surface area contributed by atoms with E-state index in [9.17, 15) is 9.59 Å². The summed E-state index contributed by atoms with van der Waals surface area (Å²) in [6, 6.07) is 5.02. The Hall–Kier alpha value is -2.24. The van der Waals surface area contributed by atoms with Gasteiger partial charge in [-0.2, -0.15) is 0 Å². The van der Waals surface area contributed by atoms with Crippen molar-refractivity contribution < 1.29 is 14.3 Å². The first-order valence-electron chi connectivity index (χ1n) is 6.72. The van der Waals surface area contributed by atoms with Crippen molar-refractivity contribution in [3.05, 3.63) is 23.8 Å². The molecule has 6 nitrogen and oxygen atoms in total. The van der Waals surface area contributed by atoms with Crippen LogP contribution >= 0.6 is 0 Å². The largest absolute Gasteiger partial charge is 0.496 e. The summed E-state index contributed by atoms with van der Waals surface area (Å²) in [6.07, 6.45) is 0. The summed E-state index contributed by atoms with van der Waals surface area (Å²) in [5.41, 5.74) is 1.15. The standard InChI is InChI=1S/C15H23N3O3/c1-10(19)17-12-6-7-13(21-5)11(8-12)9-16-14(20)18-15(2,3)4/h6-8H,9H2,1-5H3,(H,17,19)(H2,16,18,20).